The molecule has 1 fully saturated rings. The van der Waals surface area contributed by atoms with Crippen LogP contribution in [0.2, 0.25) is 0 Å². The number of nitrogens with two attached hydrogens (primary N) is 1. The summed E-state index contributed by atoms with van der Waals surface area (Å²) in [5.41, 5.74) is 3.47. The van der Waals surface area contributed by atoms with E-state index in [-0.39, 0.29) is 0 Å². The van der Waals surface area contributed by atoms with Crippen molar-refractivity contribution in [3.8, 4) is 0 Å². The minimum atomic E-state index is -2.03. The lowest BCUT2D eigenvalue weighted by molar-refractivity contribution is -0.278. The molecule has 1 saturated heterocycles. The summed E-state index contributed by atoms with van der Waals surface area (Å²) in [5, 5.41) is 28.0. The van der Waals surface area contributed by atoms with Crippen LogP contribution >= 0.6 is 0 Å². The first-order chi connectivity index (χ1) is 6.85. The van der Waals surface area contributed by atoms with Gasteiger partial charge < -0.3 is 30.5 Å². The van der Waals surface area contributed by atoms with Crippen molar-refractivity contribution < 1.29 is 29.6 Å². The Hall–Kier alpha value is -0.730. The van der Waals surface area contributed by atoms with Crippen LogP contribution in [0.3, 0.4) is 0 Å². The number of methoxy groups -OCH3 is 1. The molecular formula is C8H15NO6. The van der Waals surface area contributed by atoms with Crippen LogP contribution in [-0.4, -0.2) is 58.5 Å². The van der Waals surface area contributed by atoms with E-state index in [1.807, 2.05) is 0 Å². The normalized spacial score (nSPS) is 46.5. The van der Waals surface area contributed by atoms with Crippen molar-refractivity contribution in [2.45, 2.75) is 37.1 Å². The fourth-order valence-electron chi connectivity index (χ4n) is 1.56. The fraction of sp³-hybridized carbons (Fsp3) is 0.875. The second-order valence-electron chi connectivity index (χ2n) is 3.56. The molecule has 0 aromatic rings. The van der Waals surface area contributed by atoms with E-state index >= 15 is 0 Å². The third kappa shape index (κ3) is 1.72. The molecule has 1 heterocycles. The molecule has 5 N–H and O–H groups in total. The number of carboxylic acid groups (broad SMARTS) is 1. The van der Waals surface area contributed by atoms with Gasteiger partial charge in [0.1, 0.15) is 12.2 Å². The van der Waals surface area contributed by atoms with Gasteiger partial charge in [0.05, 0.1) is 6.10 Å². The predicted molar refractivity (Wildman–Crippen MR) is 47.9 cm³/mol. The van der Waals surface area contributed by atoms with Gasteiger partial charge in [0.2, 0.25) is 0 Å². The molecule has 0 saturated carbocycles. The number of aliphatic hydroxyl groups is 2. The SMILES string of the molecule is CO[C@@H]1O[C@H](C)[C@](N)(C(=O)O)[C@@H](O)[C@H]1O. The predicted octanol–water partition coefficient (Wildman–Crippen LogP) is -2.12. The van der Waals surface area contributed by atoms with Crippen LogP contribution < -0.4 is 5.73 Å². The highest BCUT2D eigenvalue weighted by Crippen LogP contribution is 2.28. The number of hydrogen-bond acceptors (Lipinski definition) is 6. The van der Waals surface area contributed by atoms with Gasteiger partial charge in [-0.05, 0) is 6.92 Å². The van der Waals surface area contributed by atoms with Crippen LogP contribution in [0.1, 0.15) is 6.92 Å². The van der Waals surface area contributed by atoms with Gasteiger partial charge in [0.25, 0.3) is 0 Å². The summed E-state index contributed by atoms with van der Waals surface area (Å²) in [6.45, 7) is 1.40. The molecule has 0 aromatic heterocycles. The minimum Gasteiger partial charge on any atom is -0.480 e. The van der Waals surface area contributed by atoms with E-state index in [0.717, 1.165) is 0 Å². The Morgan fingerprint density at radius 1 is 1.53 bits per heavy atom. The number of rotatable bonds is 2. The van der Waals surface area contributed by atoms with Gasteiger partial charge in [-0.2, -0.15) is 0 Å². The fourth-order valence-corrected chi connectivity index (χ4v) is 1.56. The molecule has 0 radical (unpaired) electrons. The number of ether oxygens (including phenoxy) is 2. The maximum absolute atomic E-state index is 10.9. The van der Waals surface area contributed by atoms with Gasteiger partial charge in [-0.3, -0.25) is 4.79 Å². The van der Waals surface area contributed by atoms with Gasteiger partial charge in [-0.25, -0.2) is 0 Å². The van der Waals surface area contributed by atoms with Crippen molar-refractivity contribution in [2.75, 3.05) is 7.11 Å². The molecular weight excluding hydrogens is 206 g/mol. The summed E-state index contributed by atoms with van der Waals surface area (Å²) >= 11 is 0. The van der Waals surface area contributed by atoms with Crippen molar-refractivity contribution in [1.29, 1.82) is 0 Å². The van der Waals surface area contributed by atoms with Crippen molar-refractivity contribution in [2.24, 2.45) is 5.73 Å². The topological polar surface area (TPSA) is 122 Å². The van der Waals surface area contributed by atoms with E-state index in [4.69, 9.17) is 20.3 Å². The lowest BCUT2D eigenvalue weighted by Crippen LogP contribution is -2.73. The molecule has 0 aliphatic carbocycles. The third-order valence-electron chi connectivity index (χ3n) is 2.71. The Morgan fingerprint density at radius 2 is 2.07 bits per heavy atom. The van der Waals surface area contributed by atoms with Gasteiger partial charge >= 0.3 is 5.97 Å². The largest absolute Gasteiger partial charge is 0.480 e. The van der Waals surface area contributed by atoms with E-state index in [1.165, 1.54) is 14.0 Å². The summed E-state index contributed by atoms with van der Waals surface area (Å²) < 4.78 is 9.79. The molecule has 7 heteroatoms. The zero-order valence-corrected chi connectivity index (χ0v) is 8.45. The molecule has 1 aliphatic heterocycles. The van der Waals surface area contributed by atoms with Gasteiger partial charge in [-0.1, -0.05) is 0 Å². The molecule has 0 aromatic carbocycles. The van der Waals surface area contributed by atoms with Crippen LogP contribution in [0.5, 0.6) is 0 Å². The molecule has 0 spiro atoms. The number of aliphatic carboxylic acids is 1. The maximum atomic E-state index is 10.9. The van der Waals surface area contributed by atoms with Crippen LogP contribution in [0.15, 0.2) is 0 Å². The minimum absolute atomic E-state index is 0.974. The number of hydrogen-bond donors (Lipinski definition) is 4. The Labute approximate surface area is 86.4 Å². The van der Waals surface area contributed by atoms with E-state index in [0.29, 0.717) is 0 Å². The van der Waals surface area contributed by atoms with Crippen LogP contribution in [-0.2, 0) is 14.3 Å². The van der Waals surface area contributed by atoms with Crippen LogP contribution in [0, 0.1) is 0 Å². The zero-order chi connectivity index (χ0) is 11.8. The monoisotopic (exact) mass is 221 g/mol. The Balaban J connectivity index is 2.98. The Kier molecular flexibility index (Phi) is 3.31. The molecule has 1 aliphatic rings. The average molecular weight is 221 g/mol. The molecule has 0 bridgehead atoms. The molecule has 1 rings (SSSR count). The Morgan fingerprint density at radius 3 is 2.47 bits per heavy atom. The molecule has 0 amide bonds. The highest BCUT2D eigenvalue weighted by Gasteiger charge is 2.56. The molecule has 88 valence electrons. The lowest BCUT2D eigenvalue weighted by Gasteiger charge is -2.45. The lowest BCUT2D eigenvalue weighted by atomic mass is 9.82. The first kappa shape index (κ1) is 12.3. The summed E-state index contributed by atoms with van der Waals surface area (Å²) in [7, 11) is 1.28. The van der Waals surface area contributed by atoms with E-state index in [1.54, 1.807) is 0 Å². The summed E-state index contributed by atoms with van der Waals surface area (Å²) in [6.07, 6.45) is -5.19. The van der Waals surface area contributed by atoms with Crippen molar-refractivity contribution in [3.63, 3.8) is 0 Å². The standard InChI is InChI=1S/C8H15NO6/c1-3-8(9,7(12)13)5(11)4(10)6(14-2)15-3/h3-6,10-11H,9H2,1-2H3,(H,12,13)/t3-,4-,5+,6-,8-/m1/s1. The van der Waals surface area contributed by atoms with Crippen LogP contribution in [0.4, 0.5) is 0 Å². The van der Waals surface area contributed by atoms with Gasteiger partial charge in [0.15, 0.2) is 11.8 Å². The average Bonchev–Trinajstić information content (AvgIpc) is 2.20. The summed E-state index contributed by atoms with van der Waals surface area (Å²) in [6, 6.07) is 0. The van der Waals surface area contributed by atoms with E-state index < -0.39 is 36.1 Å². The number of carboxylic acids is 1. The van der Waals surface area contributed by atoms with Gasteiger partial charge in [0, 0.05) is 7.11 Å². The van der Waals surface area contributed by atoms with Gasteiger partial charge in [-0.15, -0.1) is 0 Å². The smallest absolute Gasteiger partial charge is 0.329 e. The molecule has 0 unspecified atom stereocenters. The van der Waals surface area contributed by atoms with E-state index in [2.05, 4.69) is 0 Å². The van der Waals surface area contributed by atoms with Crippen molar-refractivity contribution in [1.82, 2.24) is 0 Å². The number of aliphatic hydroxyl groups excluding tert-OH is 2. The maximum Gasteiger partial charge on any atom is 0.329 e. The summed E-state index contributed by atoms with van der Waals surface area (Å²) in [5.74, 6) is -1.43. The zero-order valence-electron chi connectivity index (χ0n) is 8.45. The number of carbonyl (C=O) groups is 1. The molecule has 15 heavy (non-hydrogen) atoms. The second-order valence-corrected chi connectivity index (χ2v) is 3.56. The van der Waals surface area contributed by atoms with Crippen LogP contribution in [0.25, 0.3) is 0 Å². The molecule has 7 nitrogen and oxygen atoms in total. The third-order valence-corrected chi connectivity index (χ3v) is 2.71. The Bertz CT molecular complexity index is 260. The summed E-state index contributed by atoms with van der Waals surface area (Å²) in [4.78, 5) is 10.9. The highest BCUT2D eigenvalue weighted by atomic mass is 16.7. The molecule has 5 atom stereocenters. The highest BCUT2D eigenvalue weighted by molar-refractivity contribution is 5.80. The van der Waals surface area contributed by atoms with E-state index in [9.17, 15) is 15.0 Å². The second kappa shape index (κ2) is 4.03. The first-order valence-corrected chi connectivity index (χ1v) is 4.42. The first-order valence-electron chi connectivity index (χ1n) is 4.42. The van der Waals surface area contributed by atoms with Crippen molar-refractivity contribution >= 4 is 5.97 Å². The van der Waals surface area contributed by atoms with Crippen molar-refractivity contribution in [3.05, 3.63) is 0 Å². The quantitative estimate of drug-likeness (QED) is 0.420.